The topological polar surface area (TPSA) is 425 Å². The Morgan fingerprint density at radius 1 is 0.544 bits per heavy atom. The molecule has 3 aromatic rings. The van der Waals surface area contributed by atoms with E-state index >= 15 is 0 Å². The first kappa shape index (κ1) is 60.7. The van der Waals surface area contributed by atoms with E-state index in [4.69, 9.17) is 56.8 Å². The van der Waals surface area contributed by atoms with Crippen LogP contribution in [-0.4, -0.2) is 248 Å². The lowest BCUT2D eigenvalue weighted by atomic mass is 9.96. The van der Waals surface area contributed by atoms with Gasteiger partial charge in [-0.25, -0.2) is 14.4 Å². The molecule has 79 heavy (non-hydrogen) atoms. The summed E-state index contributed by atoms with van der Waals surface area (Å²) in [5.74, 6) is -6.68. The molecule has 4 aliphatic heterocycles. The maximum Gasteiger partial charge on any atom is 0.338 e. The van der Waals surface area contributed by atoms with Gasteiger partial charge in [-0.3, -0.25) is 0 Å². The summed E-state index contributed by atoms with van der Waals surface area (Å²) >= 11 is 0. The van der Waals surface area contributed by atoms with Gasteiger partial charge in [0.15, 0.2) is 54.1 Å². The van der Waals surface area contributed by atoms with Crippen molar-refractivity contribution in [2.24, 2.45) is 0 Å². The van der Waals surface area contributed by atoms with Gasteiger partial charge in [-0.15, -0.1) is 0 Å². The van der Waals surface area contributed by atoms with E-state index in [-0.39, 0.29) is 28.6 Å². The predicted octanol–water partition coefficient (Wildman–Crippen LogP) is -3.93. The Morgan fingerprint density at radius 2 is 1.06 bits per heavy atom. The number of aliphatic hydroxyl groups excluding tert-OH is 11. The zero-order valence-electron chi connectivity index (χ0n) is 42.0. The molecule has 4 saturated heterocycles. The quantitative estimate of drug-likeness (QED) is 0.0275. The minimum atomic E-state index is -2.85. The van der Waals surface area contributed by atoms with E-state index in [0.717, 1.165) is 12.2 Å². The molecule has 4 aliphatic rings. The van der Waals surface area contributed by atoms with E-state index in [1.807, 2.05) is 0 Å². The highest BCUT2D eigenvalue weighted by molar-refractivity contribution is 5.90. The maximum absolute atomic E-state index is 13.8. The van der Waals surface area contributed by atoms with Crippen molar-refractivity contribution in [1.29, 1.82) is 0 Å². The Balaban J connectivity index is 1.29. The molecule has 4 fully saturated rings. The molecule has 0 aromatic heterocycles. The van der Waals surface area contributed by atoms with E-state index in [0.29, 0.717) is 11.1 Å². The Hall–Kier alpha value is -5.97. The normalized spacial score (nSPS) is 34.8. The average molecular weight is 1120 g/mol. The Morgan fingerprint density at radius 3 is 1.63 bits per heavy atom. The standard InChI is InChI=1S/C51H62O28/c1-68-28-16-23(8-12-26(28)56)10-14-34(58)70-22-51(46(38(62)32(20-54)78-51)77-47(67)25-6-4-3-5-7-25)79-50-45(42(66)43(33(21-55)73-50)74-35(59)15-11-24-9-13-27(57)29(17-24)69-2)76-49-44(40(64)37(61)31(19-53)72-49)75-48-41(65)39(63)36(60)30(18-52)71-48/h3-17,30-33,36-46,48-50,52-57,60-66H,18-22H2,1-2H3/b14-10+,15-11+/t30-,31-,32-,33-,36-,37-,38-,39+,40+,41-,42+,43-,44-,45-,46+,48+,49+,50-,51+/m1/s1. The van der Waals surface area contributed by atoms with Crippen LogP contribution in [-0.2, 0) is 57.0 Å². The average Bonchev–Trinajstić information content (AvgIpc) is 3.81. The fraction of sp³-hybridized carbons (Fsp3) is 0.510. The van der Waals surface area contributed by atoms with Crippen LogP contribution in [0.3, 0.4) is 0 Å². The second kappa shape index (κ2) is 27.0. The number of benzene rings is 3. The Kier molecular flexibility index (Phi) is 20.7. The molecule has 19 atom stereocenters. The third kappa shape index (κ3) is 13.8. The number of aromatic hydroxyl groups is 2. The van der Waals surface area contributed by atoms with Crippen LogP contribution >= 0.6 is 0 Å². The summed E-state index contributed by atoms with van der Waals surface area (Å²) in [6, 6.07) is 15.3. The van der Waals surface area contributed by atoms with Gasteiger partial charge in [0, 0.05) is 12.2 Å². The molecular weight excluding hydrogens is 1060 g/mol. The van der Waals surface area contributed by atoms with Crippen molar-refractivity contribution < 1.29 is 138 Å². The number of carbonyl (C=O) groups excluding carboxylic acids is 3. The van der Waals surface area contributed by atoms with Gasteiger partial charge in [-0.1, -0.05) is 30.3 Å². The van der Waals surface area contributed by atoms with Crippen LogP contribution in [0.4, 0.5) is 0 Å². The van der Waals surface area contributed by atoms with E-state index < -0.39 is 167 Å². The number of esters is 3. The van der Waals surface area contributed by atoms with Gasteiger partial charge < -0.3 is 123 Å². The van der Waals surface area contributed by atoms with Crippen LogP contribution in [0.1, 0.15) is 21.5 Å². The molecular formula is C51H62O28. The highest BCUT2D eigenvalue weighted by atomic mass is 16.8. The van der Waals surface area contributed by atoms with Gasteiger partial charge in [0.25, 0.3) is 0 Å². The first-order valence-electron chi connectivity index (χ1n) is 24.4. The number of phenols is 2. The van der Waals surface area contributed by atoms with E-state index in [1.165, 1.54) is 87.0 Å². The van der Waals surface area contributed by atoms with E-state index in [1.54, 1.807) is 6.07 Å². The van der Waals surface area contributed by atoms with E-state index in [9.17, 15) is 80.8 Å². The summed E-state index contributed by atoms with van der Waals surface area (Å²) in [5, 5.41) is 140. The SMILES string of the molecule is COc1cc(/C=C/C(=O)OC[C@@]2(O[C@H]3O[C@H](CO)[C@@H](OC(=O)/C=C/c4ccc(O)c(OC)c4)[C@H](O)[C@H]3O[C@@H]3O[C@H](CO)[C@@H](O)[C@H](O)[C@H]3O[C@@H]3O[C@H](CO)[C@@H](O)[C@H](O)[C@H]3O)O[C@H](CO)[C@@H](O)[C@@H]2OC(=O)c2ccccc2)ccc1O. The second-order valence-electron chi connectivity index (χ2n) is 18.3. The minimum absolute atomic E-state index is 0.0399. The molecule has 0 amide bonds. The van der Waals surface area contributed by atoms with Crippen molar-refractivity contribution in [3.05, 3.63) is 95.6 Å². The van der Waals surface area contributed by atoms with Crippen LogP contribution < -0.4 is 9.47 Å². The van der Waals surface area contributed by atoms with Gasteiger partial charge in [-0.05, 0) is 59.7 Å². The first-order valence-corrected chi connectivity index (χ1v) is 24.4. The van der Waals surface area contributed by atoms with Crippen molar-refractivity contribution in [3.8, 4) is 23.0 Å². The number of methoxy groups -OCH3 is 2. The molecule has 28 nitrogen and oxygen atoms in total. The monoisotopic (exact) mass is 1120 g/mol. The van der Waals surface area contributed by atoms with E-state index in [2.05, 4.69) is 0 Å². The molecule has 4 heterocycles. The molecule has 0 saturated carbocycles. The van der Waals surface area contributed by atoms with Crippen LogP contribution in [0.15, 0.2) is 78.9 Å². The lowest BCUT2D eigenvalue weighted by Gasteiger charge is -2.49. The highest BCUT2D eigenvalue weighted by Gasteiger charge is 2.63. The number of ether oxygens (including phenoxy) is 12. The summed E-state index contributed by atoms with van der Waals surface area (Å²) in [6.45, 7) is -5.28. The molecule has 0 spiro atoms. The number of hydrogen-bond donors (Lipinski definition) is 13. The zero-order valence-corrected chi connectivity index (χ0v) is 42.0. The Bertz CT molecular complexity index is 2560. The minimum Gasteiger partial charge on any atom is -0.504 e. The third-order valence-electron chi connectivity index (χ3n) is 13.2. The van der Waals surface area contributed by atoms with Crippen LogP contribution in [0.2, 0.25) is 0 Å². The summed E-state index contributed by atoms with van der Waals surface area (Å²) in [5.41, 5.74) is 0.545. The number of phenolic OH excluding ortho intramolecular Hbond substituents is 2. The molecule has 13 N–H and O–H groups in total. The molecule has 28 heteroatoms. The van der Waals surface area contributed by atoms with Gasteiger partial charge in [0.05, 0.1) is 46.2 Å². The van der Waals surface area contributed by atoms with Crippen LogP contribution in [0, 0.1) is 0 Å². The van der Waals surface area contributed by atoms with Gasteiger partial charge in [0.2, 0.25) is 5.79 Å². The fourth-order valence-electron chi connectivity index (χ4n) is 8.90. The summed E-state index contributed by atoms with van der Waals surface area (Å²) in [7, 11) is 2.58. The lowest BCUT2D eigenvalue weighted by Crippen LogP contribution is -2.68. The summed E-state index contributed by atoms with van der Waals surface area (Å²) in [4.78, 5) is 40.9. The maximum atomic E-state index is 13.8. The van der Waals surface area contributed by atoms with Crippen LogP contribution in [0.25, 0.3) is 12.2 Å². The molecule has 434 valence electrons. The van der Waals surface area contributed by atoms with Crippen molar-refractivity contribution in [3.63, 3.8) is 0 Å². The number of hydrogen-bond acceptors (Lipinski definition) is 28. The fourth-order valence-corrected chi connectivity index (χ4v) is 8.90. The molecule has 0 unspecified atom stereocenters. The van der Waals surface area contributed by atoms with Crippen molar-refractivity contribution in [2.75, 3.05) is 47.3 Å². The zero-order chi connectivity index (χ0) is 57.3. The Labute approximate surface area is 448 Å². The first-order chi connectivity index (χ1) is 37.8. The number of rotatable bonds is 21. The second-order valence-corrected chi connectivity index (χ2v) is 18.3. The number of carbonyl (C=O) groups is 3. The van der Waals surface area contributed by atoms with Crippen molar-refractivity contribution >= 4 is 30.1 Å². The summed E-state index contributed by atoms with van der Waals surface area (Å²) in [6.07, 6.45) is -32.5. The predicted molar refractivity (Wildman–Crippen MR) is 259 cm³/mol. The third-order valence-corrected chi connectivity index (χ3v) is 13.2. The van der Waals surface area contributed by atoms with Gasteiger partial charge in [0.1, 0.15) is 86.0 Å². The molecule has 0 aliphatic carbocycles. The molecule has 3 aromatic carbocycles. The molecule has 7 rings (SSSR count). The van der Waals surface area contributed by atoms with Gasteiger partial charge in [-0.2, -0.15) is 0 Å². The molecule has 0 bridgehead atoms. The van der Waals surface area contributed by atoms with Crippen molar-refractivity contribution in [1.82, 2.24) is 0 Å². The lowest BCUT2D eigenvalue weighted by molar-refractivity contribution is -0.416. The van der Waals surface area contributed by atoms with Crippen LogP contribution in [0.5, 0.6) is 23.0 Å². The largest absolute Gasteiger partial charge is 0.504 e. The summed E-state index contributed by atoms with van der Waals surface area (Å²) < 4.78 is 69.2. The smallest absolute Gasteiger partial charge is 0.338 e. The number of aliphatic hydroxyl groups is 11. The highest BCUT2D eigenvalue weighted by Crippen LogP contribution is 2.41. The molecule has 0 radical (unpaired) electrons. The van der Waals surface area contributed by atoms with Gasteiger partial charge >= 0.3 is 17.9 Å². The van der Waals surface area contributed by atoms with Crippen molar-refractivity contribution in [2.45, 2.75) is 116 Å².